The molecule has 0 bridgehead atoms. The van der Waals surface area contributed by atoms with Crippen molar-refractivity contribution >= 4 is 5.91 Å². The van der Waals surface area contributed by atoms with Gasteiger partial charge >= 0.3 is 0 Å². The maximum Gasteiger partial charge on any atom is 0.221 e. The third kappa shape index (κ3) is 4.25. The summed E-state index contributed by atoms with van der Waals surface area (Å²) in [7, 11) is 0. The molecule has 0 aromatic carbocycles. The lowest BCUT2D eigenvalue weighted by Crippen LogP contribution is -2.45. The molecule has 2 atom stereocenters. The highest BCUT2D eigenvalue weighted by molar-refractivity contribution is 5.76. The normalized spacial score (nSPS) is 28.5. The van der Waals surface area contributed by atoms with E-state index in [0.29, 0.717) is 18.5 Å². The van der Waals surface area contributed by atoms with Gasteiger partial charge in [-0.3, -0.25) is 9.69 Å². The van der Waals surface area contributed by atoms with Crippen LogP contribution in [0.2, 0.25) is 0 Å². The fraction of sp³-hybridized carbons (Fsp3) is 0.929. The van der Waals surface area contributed by atoms with Gasteiger partial charge in [0.1, 0.15) is 0 Å². The Labute approximate surface area is 110 Å². The van der Waals surface area contributed by atoms with Crippen molar-refractivity contribution in [3.63, 3.8) is 0 Å². The van der Waals surface area contributed by atoms with Gasteiger partial charge in [0, 0.05) is 31.6 Å². The van der Waals surface area contributed by atoms with Gasteiger partial charge in [0.05, 0.1) is 0 Å². The van der Waals surface area contributed by atoms with E-state index in [1.165, 1.54) is 32.4 Å². The number of amides is 1. The summed E-state index contributed by atoms with van der Waals surface area (Å²) in [6.07, 6.45) is 6.94. The van der Waals surface area contributed by atoms with Gasteiger partial charge in [0.15, 0.2) is 0 Å². The predicted molar refractivity (Wildman–Crippen MR) is 73.5 cm³/mol. The van der Waals surface area contributed by atoms with Crippen LogP contribution >= 0.6 is 0 Å². The number of piperidine rings is 1. The van der Waals surface area contributed by atoms with Crippen LogP contribution in [-0.2, 0) is 4.79 Å². The summed E-state index contributed by atoms with van der Waals surface area (Å²) in [5.74, 6) is 0.204. The van der Waals surface area contributed by atoms with E-state index in [-0.39, 0.29) is 5.91 Å². The highest BCUT2D eigenvalue weighted by Crippen LogP contribution is 2.12. The molecule has 104 valence electrons. The van der Waals surface area contributed by atoms with Gasteiger partial charge in [-0.15, -0.1) is 0 Å². The zero-order valence-corrected chi connectivity index (χ0v) is 11.6. The average molecular weight is 253 g/mol. The van der Waals surface area contributed by atoms with Crippen LogP contribution in [-0.4, -0.2) is 49.1 Å². The van der Waals surface area contributed by atoms with Crippen LogP contribution < -0.4 is 10.6 Å². The number of nitrogens with one attached hydrogen (secondary N) is 2. The van der Waals surface area contributed by atoms with Gasteiger partial charge in [0.2, 0.25) is 5.91 Å². The molecule has 0 aromatic rings. The molecule has 2 saturated heterocycles. The second-order valence-corrected chi connectivity index (χ2v) is 5.75. The molecule has 4 heteroatoms. The van der Waals surface area contributed by atoms with E-state index in [4.69, 9.17) is 0 Å². The van der Waals surface area contributed by atoms with Crippen LogP contribution in [0.15, 0.2) is 0 Å². The highest BCUT2D eigenvalue weighted by atomic mass is 16.1. The zero-order valence-electron chi connectivity index (χ0n) is 11.6. The van der Waals surface area contributed by atoms with Crippen molar-refractivity contribution in [2.75, 3.05) is 26.2 Å². The molecule has 2 unspecified atom stereocenters. The molecule has 1 amide bonds. The first-order valence-corrected chi connectivity index (χ1v) is 7.50. The minimum atomic E-state index is 0.204. The number of likely N-dealkylation sites (tertiary alicyclic amines) is 1. The van der Waals surface area contributed by atoms with Crippen LogP contribution in [0.5, 0.6) is 0 Å². The second kappa shape index (κ2) is 7.10. The fourth-order valence-corrected chi connectivity index (χ4v) is 2.97. The SMILES string of the molecule is CC(CNC1CCCNC(=O)C1)N1CCCCC1. The molecular formula is C14H27N3O. The molecule has 0 spiro atoms. The minimum Gasteiger partial charge on any atom is -0.356 e. The van der Waals surface area contributed by atoms with E-state index < -0.39 is 0 Å². The lowest BCUT2D eigenvalue weighted by molar-refractivity contribution is -0.121. The Bertz CT molecular complexity index is 264. The van der Waals surface area contributed by atoms with Crippen LogP contribution in [0.25, 0.3) is 0 Å². The standard InChI is InChI=1S/C14H27N3O/c1-12(17-8-3-2-4-9-17)11-16-13-6-5-7-15-14(18)10-13/h12-13,16H,2-11H2,1H3,(H,15,18). The molecule has 0 saturated carbocycles. The molecule has 2 aliphatic heterocycles. The summed E-state index contributed by atoms with van der Waals surface area (Å²) in [6.45, 7) is 6.65. The average Bonchev–Trinajstić information content (AvgIpc) is 2.61. The highest BCUT2D eigenvalue weighted by Gasteiger charge is 2.20. The topological polar surface area (TPSA) is 44.4 Å². The first kappa shape index (κ1) is 13.8. The van der Waals surface area contributed by atoms with E-state index >= 15 is 0 Å². The summed E-state index contributed by atoms with van der Waals surface area (Å²) in [5, 5.41) is 6.52. The van der Waals surface area contributed by atoms with Gasteiger partial charge in [-0.2, -0.15) is 0 Å². The fourth-order valence-electron chi connectivity index (χ4n) is 2.97. The van der Waals surface area contributed by atoms with E-state index in [1.807, 2.05) is 0 Å². The molecule has 18 heavy (non-hydrogen) atoms. The van der Waals surface area contributed by atoms with Crippen molar-refractivity contribution in [3.05, 3.63) is 0 Å². The molecule has 2 N–H and O–H groups in total. The van der Waals surface area contributed by atoms with Crippen molar-refractivity contribution in [1.29, 1.82) is 0 Å². The van der Waals surface area contributed by atoms with E-state index in [0.717, 1.165) is 25.9 Å². The van der Waals surface area contributed by atoms with Gasteiger partial charge in [-0.05, 0) is 45.7 Å². The number of hydrogen-bond donors (Lipinski definition) is 2. The van der Waals surface area contributed by atoms with Crippen LogP contribution in [0, 0.1) is 0 Å². The first-order chi connectivity index (χ1) is 8.75. The Hall–Kier alpha value is -0.610. The smallest absolute Gasteiger partial charge is 0.221 e. The Morgan fingerprint density at radius 2 is 2.11 bits per heavy atom. The third-order valence-corrected chi connectivity index (χ3v) is 4.20. The Morgan fingerprint density at radius 1 is 1.33 bits per heavy atom. The monoisotopic (exact) mass is 253 g/mol. The van der Waals surface area contributed by atoms with Crippen molar-refractivity contribution < 1.29 is 4.79 Å². The molecule has 2 heterocycles. The van der Waals surface area contributed by atoms with Crippen molar-refractivity contribution in [1.82, 2.24) is 15.5 Å². The molecule has 0 aliphatic carbocycles. The summed E-state index contributed by atoms with van der Waals surface area (Å²) in [6, 6.07) is 0.969. The largest absolute Gasteiger partial charge is 0.356 e. The lowest BCUT2D eigenvalue weighted by atomic mass is 10.1. The predicted octanol–water partition coefficient (Wildman–Crippen LogP) is 1.12. The van der Waals surface area contributed by atoms with Crippen LogP contribution in [0.1, 0.15) is 45.4 Å². The summed E-state index contributed by atoms with van der Waals surface area (Å²) in [5.41, 5.74) is 0. The van der Waals surface area contributed by atoms with E-state index in [9.17, 15) is 4.79 Å². The number of nitrogens with zero attached hydrogens (tertiary/aromatic N) is 1. The number of rotatable bonds is 4. The van der Waals surface area contributed by atoms with Crippen LogP contribution in [0.3, 0.4) is 0 Å². The van der Waals surface area contributed by atoms with Gasteiger partial charge in [0.25, 0.3) is 0 Å². The number of carbonyl (C=O) groups is 1. The molecule has 0 aromatic heterocycles. The molecule has 4 nitrogen and oxygen atoms in total. The summed E-state index contributed by atoms with van der Waals surface area (Å²) in [4.78, 5) is 14.1. The first-order valence-electron chi connectivity index (χ1n) is 7.50. The molecule has 0 radical (unpaired) electrons. The third-order valence-electron chi connectivity index (χ3n) is 4.20. The molecule has 2 rings (SSSR count). The summed E-state index contributed by atoms with van der Waals surface area (Å²) < 4.78 is 0. The second-order valence-electron chi connectivity index (χ2n) is 5.75. The zero-order chi connectivity index (χ0) is 12.8. The lowest BCUT2D eigenvalue weighted by Gasteiger charge is -2.33. The summed E-state index contributed by atoms with van der Waals surface area (Å²) >= 11 is 0. The van der Waals surface area contributed by atoms with E-state index in [1.54, 1.807) is 0 Å². The van der Waals surface area contributed by atoms with Gasteiger partial charge in [-0.25, -0.2) is 0 Å². The maximum atomic E-state index is 11.5. The van der Waals surface area contributed by atoms with E-state index in [2.05, 4.69) is 22.5 Å². The van der Waals surface area contributed by atoms with Crippen LogP contribution in [0.4, 0.5) is 0 Å². The van der Waals surface area contributed by atoms with Crippen molar-refractivity contribution in [2.45, 2.75) is 57.5 Å². The van der Waals surface area contributed by atoms with Gasteiger partial charge < -0.3 is 10.6 Å². The minimum absolute atomic E-state index is 0.204. The Balaban J connectivity index is 1.70. The van der Waals surface area contributed by atoms with Gasteiger partial charge in [-0.1, -0.05) is 6.42 Å². The maximum absolute atomic E-state index is 11.5. The Morgan fingerprint density at radius 3 is 2.89 bits per heavy atom. The van der Waals surface area contributed by atoms with Crippen molar-refractivity contribution in [2.24, 2.45) is 0 Å². The number of carbonyl (C=O) groups excluding carboxylic acids is 1. The number of hydrogen-bond acceptors (Lipinski definition) is 3. The molecule has 2 aliphatic rings. The molecular weight excluding hydrogens is 226 g/mol. The molecule has 2 fully saturated rings. The van der Waals surface area contributed by atoms with Crippen molar-refractivity contribution in [3.8, 4) is 0 Å². The quantitative estimate of drug-likeness (QED) is 0.789. The Kier molecular flexibility index (Phi) is 5.45.